The molecule has 0 fully saturated rings. The van der Waals surface area contributed by atoms with E-state index in [4.69, 9.17) is 0 Å². The van der Waals surface area contributed by atoms with E-state index in [0.29, 0.717) is 0 Å². The zero-order valence-electron chi connectivity index (χ0n) is 17.5. The van der Waals surface area contributed by atoms with Gasteiger partial charge in [-0.2, -0.15) is 0 Å². The SMILES string of the molecule is CCCc1cc[c]([Bi]([c]2ccc(C(C)=O)cc2)[c]2ccc(C(C)=O)cc2)c(C)c1. The number of carbonyl (C=O) groups excluding carboxylic acids is 2. The summed E-state index contributed by atoms with van der Waals surface area (Å²) in [5, 5.41) is 0. The second-order valence-corrected chi connectivity index (χ2v) is 15.9. The molecule has 148 valence electrons. The zero-order valence-corrected chi connectivity index (χ0v) is 21.0. The van der Waals surface area contributed by atoms with E-state index in [9.17, 15) is 9.59 Å². The third-order valence-electron chi connectivity index (χ3n) is 5.10. The number of aryl methyl sites for hydroxylation is 2. The summed E-state index contributed by atoms with van der Waals surface area (Å²) in [5.74, 6) is 0.182. The van der Waals surface area contributed by atoms with Crippen molar-refractivity contribution in [3.8, 4) is 0 Å². The van der Waals surface area contributed by atoms with E-state index < -0.39 is 21.8 Å². The van der Waals surface area contributed by atoms with Gasteiger partial charge in [0, 0.05) is 0 Å². The molecule has 0 aromatic heterocycles. The number of carbonyl (C=O) groups is 2. The van der Waals surface area contributed by atoms with Crippen LogP contribution in [-0.4, -0.2) is 33.3 Å². The average Bonchev–Trinajstić information content (AvgIpc) is 2.71. The minimum atomic E-state index is -2.54. The van der Waals surface area contributed by atoms with Gasteiger partial charge < -0.3 is 0 Å². The van der Waals surface area contributed by atoms with Crippen molar-refractivity contribution >= 4 is 43.1 Å². The van der Waals surface area contributed by atoms with E-state index in [1.54, 1.807) is 13.8 Å². The first-order valence-electron chi connectivity index (χ1n) is 10.0. The molecule has 0 radical (unpaired) electrons. The Balaban J connectivity index is 2.10. The van der Waals surface area contributed by atoms with E-state index in [1.165, 1.54) is 20.9 Å². The molecule has 3 aromatic rings. The molecular formula is C26H27BiO2. The van der Waals surface area contributed by atoms with Gasteiger partial charge in [-0.15, -0.1) is 0 Å². The van der Waals surface area contributed by atoms with Crippen LogP contribution in [0.15, 0.2) is 66.7 Å². The van der Waals surface area contributed by atoms with Crippen LogP contribution in [-0.2, 0) is 6.42 Å². The zero-order chi connectivity index (χ0) is 21.0. The fraction of sp³-hybridized carbons (Fsp3) is 0.231. The summed E-state index contributed by atoms with van der Waals surface area (Å²) >= 11 is -2.54. The quantitative estimate of drug-likeness (QED) is 0.314. The first-order chi connectivity index (χ1) is 13.9. The summed E-state index contributed by atoms with van der Waals surface area (Å²) < 4.78 is 4.13. The summed E-state index contributed by atoms with van der Waals surface area (Å²) in [6.45, 7) is 7.63. The predicted octanol–water partition coefficient (Wildman–Crippen LogP) is 3.87. The summed E-state index contributed by atoms with van der Waals surface area (Å²) in [7, 11) is 0. The van der Waals surface area contributed by atoms with Gasteiger partial charge in [-0.3, -0.25) is 0 Å². The number of rotatable bonds is 7. The Kier molecular flexibility index (Phi) is 7.14. The van der Waals surface area contributed by atoms with Crippen LogP contribution in [0.5, 0.6) is 0 Å². The van der Waals surface area contributed by atoms with Crippen LogP contribution in [0.25, 0.3) is 0 Å². The Hall–Kier alpha value is -2.12. The fourth-order valence-corrected chi connectivity index (χ4v) is 12.8. The second-order valence-electron chi connectivity index (χ2n) is 7.41. The Bertz CT molecular complexity index is 960. The first kappa shape index (κ1) is 21.6. The number of hydrogen-bond donors (Lipinski definition) is 0. The number of hydrogen-bond acceptors (Lipinski definition) is 2. The van der Waals surface area contributed by atoms with Crippen molar-refractivity contribution in [3.05, 3.63) is 89.0 Å². The topological polar surface area (TPSA) is 34.1 Å². The van der Waals surface area contributed by atoms with Crippen molar-refractivity contribution in [1.29, 1.82) is 0 Å². The number of benzene rings is 3. The van der Waals surface area contributed by atoms with Crippen molar-refractivity contribution in [2.24, 2.45) is 0 Å². The Morgan fingerprint density at radius 3 is 1.62 bits per heavy atom. The van der Waals surface area contributed by atoms with E-state index in [1.807, 2.05) is 24.3 Å². The van der Waals surface area contributed by atoms with Gasteiger partial charge in [-0.05, 0) is 0 Å². The molecule has 0 saturated carbocycles. The monoisotopic (exact) mass is 580 g/mol. The molecule has 3 heteroatoms. The van der Waals surface area contributed by atoms with E-state index >= 15 is 0 Å². The van der Waals surface area contributed by atoms with Crippen LogP contribution in [0.1, 0.15) is 59.0 Å². The van der Waals surface area contributed by atoms with Crippen LogP contribution >= 0.6 is 0 Å². The molecular weight excluding hydrogens is 553 g/mol. The van der Waals surface area contributed by atoms with Gasteiger partial charge in [0.15, 0.2) is 0 Å². The molecule has 0 atom stereocenters. The number of ketones is 2. The van der Waals surface area contributed by atoms with Crippen LogP contribution in [0.3, 0.4) is 0 Å². The predicted molar refractivity (Wildman–Crippen MR) is 123 cm³/mol. The summed E-state index contributed by atoms with van der Waals surface area (Å²) in [5.41, 5.74) is 4.23. The van der Waals surface area contributed by atoms with Crippen LogP contribution in [0.4, 0.5) is 0 Å². The van der Waals surface area contributed by atoms with Gasteiger partial charge in [0.25, 0.3) is 0 Å². The molecule has 0 saturated heterocycles. The molecule has 0 aliphatic carbocycles. The maximum absolute atomic E-state index is 11.7. The molecule has 0 N–H and O–H groups in total. The maximum atomic E-state index is 11.7. The molecule has 3 aromatic carbocycles. The molecule has 0 aliphatic heterocycles. The van der Waals surface area contributed by atoms with Crippen LogP contribution in [0.2, 0.25) is 0 Å². The Morgan fingerprint density at radius 2 is 1.24 bits per heavy atom. The van der Waals surface area contributed by atoms with Gasteiger partial charge in [0.1, 0.15) is 0 Å². The number of Topliss-reactive ketones (excluding diaryl/α,β-unsaturated/α-hetero) is 2. The Labute approximate surface area is 181 Å². The molecule has 0 unspecified atom stereocenters. The van der Waals surface area contributed by atoms with E-state index in [-0.39, 0.29) is 11.6 Å². The molecule has 2 nitrogen and oxygen atoms in total. The van der Waals surface area contributed by atoms with Crippen molar-refractivity contribution in [3.63, 3.8) is 0 Å². The summed E-state index contributed by atoms with van der Waals surface area (Å²) in [6, 6.07) is 23.2. The van der Waals surface area contributed by atoms with Gasteiger partial charge in [-0.25, -0.2) is 0 Å². The molecule has 0 aliphatic rings. The third kappa shape index (κ3) is 5.09. The second kappa shape index (κ2) is 9.59. The normalized spacial score (nSPS) is 10.9. The van der Waals surface area contributed by atoms with Crippen molar-refractivity contribution in [1.82, 2.24) is 0 Å². The molecule has 0 spiro atoms. The Morgan fingerprint density at radius 1 is 0.759 bits per heavy atom. The molecule has 0 heterocycles. The summed E-state index contributed by atoms with van der Waals surface area (Å²) in [6.07, 6.45) is 2.24. The van der Waals surface area contributed by atoms with Gasteiger partial charge in [0.05, 0.1) is 0 Å². The third-order valence-corrected chi connectivity index (χ3v) is 15.3. The fourth-order valence-electron chi connectivity index (χ4n) is 3.53. The van der Waals surface area contributed by atoms with Crippen molar-refractivity contribution < 1.29 is 9.59 Å². The van der Waals surface area contributed by atoms with E-state index in [0.717, 1.165) is 24.0 Å². The average molecular weight is 580 g/mol. The summed E-state index contributed by atoms with van der Waals surface area (Å²) in [4.78, 5) is 23.4. The van der Waals surface area contributed by atoms with Crippen LogP contribution < -0.4 is 9.81 Å². The first-order valence-corrected chi connectivity index (χ1v) is 15.2. The van der Waals surface area contributed by atoms with Gasteiger partial charge in [-0.1, -0.05) is 0 Å². The molecule has 29 heavy (non-hydrogen) atoms. The molecule has 0 amide bonds. The molecule has 3 rings (SSSR count). The van der Waals surface area contributed by atoms with E-state index in [2.05, 4.69) is 56.3 Å². The minimum absolute atomic E-state index is 0.0912. The van der Waals surface area contributed by atoms with Gasteiger partial charge >= 0.3 is 182 Å². The van der Waals surface area contributed by atoms with Crippen LogP contribution in [0, 0.1) is 6.92 Å². The molecule has 0 bridgehead atoms. The van der Waals surface area contributed by atoms with Crippen molar-refractivity contribution in [2.45, 2.75) is 40.5 Å². The standard InChI is InChI=1S/C10H13.2C8H7O.Bi/c1-3-5-10-7-4-6-9(2)8-10;2*1-7(9)8-5-3-2-4-6-8;/h4,7-8H,3,5H2,1-2H3;2*3-6H,1H3;. The van der Waals surface area contributed by atoms with Crippen molar-refractivity contribution in [2.75, 3.05) is 0 Å². The van der Waals surface area contributed by atoms with Gasteiger partial charge in [0.2, 0.25) is 0 Å².